The minimum atomic E-state index is -0.242. The van der Waals surface area contributed by atoms with E-state index in [-0.39, 0.29) is 23.9 Å². The minimum absolute atomic E-state index is 0.108. The van der Waals surface area contributed by atoms with Crippen LogP contribution in [0.1, 0.15) is 41.4 Å². The largest absolute Gasteiger partial charge is 0.355 e. The average molecular weight is 374 g/mol. The zero-order valence-corrected chi connectivity index (χ0v) is 15.9. The minimum Gasteiger partial charge on any atom is -0.355 e. The smallest absolute Gasteiger partial charge is 0.315 e. The summed E-state index contributed by atoms with van der Waals surface area (Å²) in [4.78, 5) is 23.8. The van der Waals surface area contributed by atoms with E-state index in [1.54, 1.807) is 19.2 Å². The van der Waals surface area contributed by atoms with Crippen LogP contribution in [0.5, 0.6) is 0 Å². The standard InChI is InChI=1S/C20H24ClN3O2/c1-13(2)18(15-8-10-17(21)11-9-15)24-20(26)23-12-14-4-6-16(7-5-14)19(25)22-3/h4-11,13,18H,12H2,1-3H3,(H,22,25)(H2,23,24,26)/t18-/m1/s1. The lowest BCUT2D eigenvalue weighted by molar-refractivity contribution is 0.0963. The Labute approximate surface area is 159 Å². The molecule has 2 aromatic carbocycles. The van der Waals surface area contributed by atoms with Gasteiger partial charge >= 0.3 is 6.03 Å². The van der Waals surface area contributed by atoms with Crippen molar-refractivity contribution in [3.05, 3.63) is 70.2 Å². The second kappa shape index (κ2) is 9.25. The van der Waals surface area contributed by atoms with Gasteiger partial charge in [0.1, 0.15) is 0 Å². The van der Waals surface area contributed by atoms with E-state index in [0.29, 0.717) is 17.1 Å². The highest BCUT2D eigenvalue weighted by molar-refractivity contribution is 6.30. The lowest BCUT2D eigenvalue weighted by Gasteiger charge is -2.23. The number of nitrogens with one attached hydrogen (secondary N) is 3. The van der Waals surface area contributed by atoms with Crippen molar-refractivity contribution in [2.24, 2.45) is 5.92 Å². The Hall–Kier alpha value is -2.53. The second-order valence-corrected chi connectivity index (χ2v) is 6.81. The summed E-state index contributed by atoms with van der Waals surface area (Å²) in [5.74, 6) is 0.0961. The fourth-order valence-electron chi connectivity index (χ4n) is 2.60. The number of hydrogen-bond donors (Lipinski definition) is 3. The molecule has 26 heavy (non-hydrogen) atoms. The third-order valence-electron chi connectivity index (χ3n) is 4.08. The number of rotatable bonds is 6. The fraction of sp³-hybridized carbons (Fsp3) is 0.300. The SMILES string of the molecule is CNC(=O)c1ccc(CNC(=O)N[C@@H](c2ccc(Cl)cc2)C(C)C)cc1. The Morgan fingerprint density at radius 2 is 1.62 bits per heavy atom. The van der Waals surface area contributed by atoms with Gasteiger partial charge in [0, 0.05) is 24.2 Å². The van der Waals surface area contributed by atoms with E-state index in [1.807, 2.05) is 36.4 Å². The average Bonchev–Trinajstić information content (AvgIpc) is 2.65. The summed E-state index contributed by atoms with van der Waals surface area (Å²) in [5, 5.41) is 9.10. The van der Waals surface area contributed by atoms with Crippen LogP contribution in [0.15, 0.2) is 48.5 Å². The van der Waals surface area contributed by atoms with Crippen molar-refractivity contribution in [1.29, 1.82) is 0 Å². The van der Waals surface area contributed by atoms with Crippen LogP contribution in [0.25, 0.3) is 0 Å². The van der Waals surface area contributed by atoms with Gasteiger partial charge in [-0.25, -0.2) is 4.79 Å². The molecule has 0 bridgehead atoms. The summed E-state index contributed by atoms with van der Waals surface area (Å²) in [6, 6.07) is 14.2. The highest BCUT2D eigenvalue weighted by atomic mass is 35.5. The van der Waals surface area contributed by atoms with Gasteiger partial charge in [0.05, 0.1) is 6.04 Å². The first-order valence-electron chi connectivity index (χ1n) is 8.51. The van der Waals surface area contributed by atoms with Crippen molar-refractivity contribution >= 4 is 23.5 Å². The van der Waals surface area contributed by atoms with Crippen LogP contribution in [0.2, 0.25) is 5.02 Å². The number of hydrogen-bond acceptors (Lipinski definition) is 2. The van der Waals surface area contributed by atoms with E-state index < -0.39 is 0 Å². The summed E-state index contributed by atoms with van der Waals surface area (Å²) < 4.78 is 0. The Balaban J connectivity index is 1.94. The number of urea groups is 1. The van der Waals surface area contributed by atoms with Crippen molar-refractivity contribution in [3.8, 4) is 0 Å². The van der Waals surface area contributed by atoms with E-state index in [2.05, 4.69) is 29.8 Å². The lowest BCUT2D eigenvalue weighted by Crippen LogP contribution is -2.39. The fourth-order valence-corrected chi connectivity index (χ4v) is 2.72. The van der Waals surface area contributed by atoms with E-state index >= 15 is 0 Å². The first kappa shape index (κ1) is 19.8. The maximum atomic E-state index is 12.3. The summed E-state index contributed by atoms with van der Waals surface area (Å²) in [5.41, 5.74) is 2.51. The van der Waals surface area contributed by atoms with Crippen LogP contribution in [-0.4, -0.2) is 19.0 Å². The van der Waals surface area contributed by atoms with Gasteiger partial charge in [0.2, 0.25) is 0 Å². The van der Waals surface area contributed by atoms with Crippen molar-refractivity contribution in [3.63, 3.8) is 0 Å². The van der Waals surface area contributed by atoms with Crippen molar-refractivity contribution in [1.82, 2.24) is 16.0 Å². The first-order chi connectivity index (χ1) is 12.4. The second-order valence-electron chi connectivity index (χ2n) is 6.38. The van der Waals surface area contributed by atoms with Gasteiger partial charge in [-0.2, -0.15) is 0 Å². The predicted molar refractivity (Wildman–Crippen MR) is 104 cm³/mol. The van der Waals surface area contributed by atoms with Gasteiger partial charge in [-0.3, -0.25) is 4.79 Å². The Bertz CT molecular complexity index is 743. The molecule has 0 aliphatic rings. The van der Waals surface area contributed by atoms with Crippen LogP contribution in [-0.2, 0) is 6.54 Å². The molecule has 0 unspecified atom stereocenters. The molecule has 0 aromatic heterocycles. The molecular weight excluding hydrogens is 350 g/mol. The highest BCUT2D eigenvalue weighted by Gasteiger charge is 2.18. The van der Waals surface area contributed by atoms with E-state index in [1.165, 1.54) is 0 Å². The molecule has 0 spiro atoms. The van der Waals surface area contributed by atoms with Gasteiger partial charge in [0.25, 0.3) is 5.91 Å². The summed E-state index contributed by atoms with van der Waals surface area (Å²) in [6.45, 7) is 4.49. The molecule has 0 saturated carbocycles. The van der Waals surface area contributed by atoms with Crippen molar-refractivity contribution in [2.45, 2.75) is 26.4 Å². The molecule has 0 heterocycles. The van der Waals surface area contributed by atoms with Crippen LogP contribution in [0, 0.1) is 5.92 Å². The van der Waals surface area contributed by atoms with Gasteiger partial charge in [-0.15, -0.1) is 0 Å². The number of amides is 3. The van der Waals surface area contributed by atoms with Gasteiger partial charge < -0.3 is 16.0 Å². The van der Waals surface area contributed by atoms with Gasteiger partial charge in [0.15, 0.2) is 0 Å². The quantitative estimate of drug-likeness (QED) is 0.718. The summed E-state index contributed by atoms with van der Waals surface area (Å²) in [7, 11) is 1.59. The molecule has 138 valence electrons. The third-order valence-corrected chi connectivity index (χ3v) is 4.33. The maximum Gasteiger partial charge on any atom is 0.315 e. The normalized spacial score (nSPS) is 11.7. The van der Waals surface area contributed by atoms with Crippen LogP contribution in [0.4, 0.5) is 4.79 Å². The zero-order chi connectivity index (χ0) is 19.1. The molecule has 1 atom stereocenters. The van der Waals surface area contributed by atoms with Crippen LogP contribution < -0.4 is 16.0 Å². The van der Waals surface area contributed by atoms with Crippen LogP contribution in [0.3, 0.4) is 0 Å². The molecular formula is C20H24ClN3O2. The molecule has 0 saturated heterocycles. The zero-order valence-electron chi connectivity index (χ0n) is 15.2. The molecule has 6 heteroatoms. The predicted octanol–water partition coefficient (Wildman–Crippen LogP) is 3.90. The number of halogens is 1. The molecule has 3 amide bonds. The van der Waals surface area contributed by atoms with Crippen molar-refractivity contribution < 1.29 is 9.59 Å². The Morgan fingerprint density at radius 1 is 1.00 bits per heavy atom. The highest BCUT2D eigenvalue weighted by Crippen LogP contribution is 2.23. The Kier molecular flexibility index (Phi) is 7.04. The molecule has 0 fully saturated rings. The van der Waals surface area contributed by atoms with E-state index in [9.17, 15) is 9.59 Å². The number of carbonyl (C=O) groups is 2. The third kappa shape index (κ3) is 5.49. The number of carbonyl (C=O) groups excluding carboxylic acids is 2. The molecule has 5 nitrogen and oxygen atoms in total. The molecule has 2 rings (SSSR count). The first-order valence-corrected chi connectivity index (χ1v) is 8.89. The van der Waals surface area contributed by atoms with E-state index in [0.717, 1.165) is 11.1 Å². The lowest BCUT2D eigenvalue weighted by atomic mass is 9.96. The Morgan fingerprint density at radius 3 is 2.15 bits per heavy atom. The van der Waals surface area contributed by atoms with Gasteiger partial charge in [-0.05, 0) is 41.3 Å². The maximum absolute atomic E-state index is 12.3. The summed E-state index contributed by atoms with van der Waals surface area (Å²) >= 11 is 5.93. The molecule has 0 aliphatic heterocycles. The van der Waals surface area contributed by atoms with Gasteiger partial charge in [-0.1, -0.05) is 49.7 Å². The van der Waals surface area contributed by atoms with Crippen molar-refractivity contribution in [2.75, 3.05) is 7.05 Å². The van der Waals surface area contributed by atoms with E-state index in [4.69, 9.17) is 11.6 Å². The monoisotopic (exact) mass is 373 g/mol. The number of benzene rings is 2. The van der Waals surface area contributed by atoms with Crippen LogP contribution >= 0.6 is 11.6 Å². The molecule has 0 aliphatic carbocycles. The molecule has 3 N–H and O–H groups in total. The molecule has 0 radical (unpaired) electrons. The summed E-state index contributed by atoms with van der Waals surface area (Å²) in [6.07, 6.45) is 0. The topological polar surface area (TPSA) is 70.2 Å². The molecule has 2 aromatic rings.